The van der Waals surface area contributed by atoms with Crippen LogP contribution >= 0.6 is 0 Å². The van der Waals surface area contributed by atoms with Crippen LogP contribution < -0.4 is 10.2 Å². The van der Waals surface area contributed by atoms with E-state index in [-0.39, 0.29) is 0 Å². The second kappa shape index (κ2) is 4.94. The lowest BCUT2D eigenvalue weighted by Gasteiger charge is -2.28. The first kappa shape index (κ1) is 11.5. The SMILES string of the molecule is CN(CC1CCCCN1)c1nccn2nccc12. The topological polar surface area (TPSA) is 45.5 Å². The van der Waals surface area contributed by atoms with E-state index in [9.17, 15) is 0 Å². The van der Waals surface area contributed by atoms with Crippen LogP contribution in [0.2, 0.25) is 0 Å². The van der Waals surface area contributed by atoms with Gasteiger partial charge in [0, 0.05) is 32.0 Å². The van der Waals surface area contributed by atoms with Crippen molar-refractivity contribution in [1.82, 2.24) is 19.9 Å². The Morgan fingerprint density at radius 2 is 2.39 bits per heavy atom. The molecule has 0 spiro atoms. The summed E-state index contributed by atoms with van der Waals surface area (Å²) in [4.78, 5) is 6.70. The highest BCUT2D eigenvalue weighted by Gasteiger charge is 2.16. The highest BCUT2D eigenvalue weighted by Crippen LogP contribution is 2.18. The average molecular weight is 245 g/mol. The van der Waals surface area contributed by atoms with E-state index < -0.39 is 0 Å². The number of anilines is 1. The third kappa shape index (κ3) is 2.18. The lowest BCUT2D eigenvalue weighted by molar-refractivity contribution is 0.403. The van der Waals surface area contributed by atoms with Gasteiger partial charge in [-0.2, -0.15) is 5.10 Å². The van der Waals surface area contributed by atoms with Gasteiger partial charge in [0.25, 0.3) is 0 Å². The first-order chi connectivity index (χ1) is 8.84. The largest absolute Gasteiger partial charge is 0.356 e. The van der Waals surface area contributed by atoms with Crippen molar-refractivity contribution in [3.63, 3.8) is 0 Å². The first-order valence-electron chi connectivity index (χ1n) is 6.57. The molecule has 1 saturated heterocycles. The van der Waals surface area contributed by atoms with Crippen LogP contribution in [-0.2, 0) is 0 Å². The molecule has 0 radical (unpaired) electrons. The monoisotopic (exact) mass is 245 g/mol. The van der Waals surface area contributed by atoms with E-state index in [1.807, 2.05) is 23.0 Å². The Bertz CT molecular complexity index is 515. The molecule has 2 aromatic heterocycles. The van der Waals surface area contributed by atoms with E-state index in [0.717, 1.165) is 24.4 Å². The number of fused-ring (bicyclic) bond motifs is 1. The summed E-state index contributed by atoms with van der Waals surface area (Å²) in [6.07, 6.45) is 9.39. The maximum atomic E-state index is 4.48. The molecule has 3 heterocycles. The van der Waals surface area contributed by atoms with Gasteiger partial charge in [0.15, 0.2) is 5.82 Å². The molecule has 1 aliphatic rings. The highest BCUT2D eigenvalue weighted by molar-refractivity contribution is 5.67. The average Bonchev–Trinajstić information content (AvgIpc) is 2.87. The molecule has 0 bridgehead atoms. The summed E-state index contributed by atoms with van der Waals surface area (Å²) in [7, 11) is 2.10. The van der Waals surface area contributed by atoms with Crippen molar-refractivity contribution in [3.8, 4) is 0 Å². The van der Waals surface area contributed by atoms with Crippen molar-refractivity contribution < 1.29 is 0 Å². The van der Waals surface area contributed by atoms with Crippen molar-refractivity contribution >= 4 is 11.3 Å². The van der Waals surface area contributed by atoms with Crippen LogP contribution in [-0.4, -0.2) is 40.8 Å². The van der Waals surface area contributed by atoms with Crippen LogP contribution in [0.3, 0.4) is 0 Å². The molecule has 0 saturated carbocycles. The van der Waals surface area contributed by atoms with Gasteiger partial charge in [0.1, 0.15) is 5.52 Å². The number of nitrogens with zero attached hydrogens (tertiary/aromatic N) is 4. The van der Waals surface area contributed by atoms with Crippen LogP contribution in [0.1, 0.15) is 19.3 Å². The molecular weight excluding hydrogens is 226 g/mol. The van der Waals surface area contributed by atoms with E-state index in [4.69, 9.17) is 0 Å². The summed E-state index contributed by atoms with van der Waals surface area (Å²) in [5, 5.41) is 7.81. The van der Waals surface area contributed by atoms with Crippen LogP contribution in [0.5, 0.6) is 0 Å². The lowest BCUT2D eigenvalue weighted by Crippen LogP contribution is -2.42. The molecular formula is C13H19N5. The Morgan fingerprint density at radius 3 is 3.22 bits per heavy atom. The molecule has 0 aliphatic carbocycles. The molecule has 1 fully saturated rings. The van der Waals surface area contributed by atoms with Crippen LogP contribution in [0.15, 0.2) is 24.7 Å². The van der Waals surface area contributed by atoms with Crippen molar-refractivity contribution in [1.29, 1.82) is 0 Å². The van der Waals surface area contributed by atoms with Gasteiger partial charge in [-0.25, -0.2) is 9.50 Å². The Labute approximate surface area is 107 Å². The van der Waals surface area contributed by atoms with E-state index in [1.165, 1.54) is 19.3 Å². The summed E-state index contributed by atoms with van der Waals surface area (Å²) in [6.45, 7) is 2.14. The van der Waals surface area contributed by atoms with Gasteiger partial charge in [-0.15, -0.1) is 0 Å². The predicted molar refractivity (Wildman–Crippen MR) is 71.9 cm³/mol. The van der Waals surface area contributed by atoms with Gasteiger partial charge in [-0.05, 0) is 25.5 Å². The Kier molecular flexibility index (Phi) is 3.15. The van der Waals surface area contributed by atoms with Gasteiger partial charge >= 0.3 is 0 Å². The molecule has 3 rings (SSSR count). The van der Waals surface area contributed by atoms with Gasteiger partial charge < -0.3 is 10.2 Å². The number of piperidine rings is 1. The Morgan fingerprint density at radius 1 is 1.44 bits per heavy atom. The van der Waals surface area contributed by atoms with E-state index >= 15 is 0 Å². The summed E-state index contributed by atoms with van der Waals surface area (Å²) < 4.78 is 1.87. The summed E-state index contributed by atoms with van der Waals surface area (Å²) in [5.41, 5.74) is 1.07. The van der Waals surface area contributed by atoms with E-state index in [0.29, 0.717) is 6.04 Å². The molecule has 1 unspecified atom stereocenters. The standard InChI is InChI=1S/C13H19N5/c1-17(10-11-4-2-3-6-14-11)13-12-5-7-16-18(12)9-8-15-13/h5,7-9,11,14H,2-4,6,10H2,1H3. The van der Waals surface area contributed by atoms with Crippen LogP contribution in [0.4, 0.5) is 5.82 Å². The van der Waals surface area contributed by atoms with Crippen molar-refractivity contribution in [3.05, 3.63) is 24.7 Å². The number of likely N-dealkylation sites (N-methyl/N-ethyl adjacent to an activating group) is 1. The lowest BCUT2D eigenvalue weighted by atomic mass is 10.0. The van der Waals surface area contributed by atoms with Crippen molar-refractivity contribution in [2.45, 2.75) is 25.3 Å². The van der Waals surface area contributed by atoms with E-state index in [2.05, 4.69) is 27.3 Å². The predicted octanol–water partition coefficient (Wildman–Crippen LogP) is 1.31. The molecule has 5 heteroatoms. The van der Waals surface area contributed by atoms with E-state index in [1.54, 1.807) is 6.20 Å². The molecule has 2 aromatic rings. The van der Waals surface area contributed by atoms with Crippen LogP contribution in [0, 0.1) is 0 Å². The number of hydrogen-bond acceptors (Lipinski definition) is 4. The number of nitrogens with one attached hydrogen (secondary N) is 1. The Hall–Kier alpha value is -1.62. The summed E-state index contributed by atoms with van der Waals surface area (Å²) in [5.74, 6) is 1.00. The molecule has 1 N–H and O–H groups in total. The molecule has 96 valence electrons. The second-order valence-electron chi connectivity index (χ2n) is 4.94. The molecule has 0 amide bonds. The van der Waals surface area contributed by atoms with Gasteiger partial charge in [-0.1, -0.05) is 6.42 Å². The molecule has 0 aromatic carbocycles. The minimum Gasteiger partial charge on any atom is -0.356 e. The fourth-order valence-corrected chi connectivity index (χ4v) is 2.63. The first-order valence-corrected chi connectivity index (χ1v) is 6.57. The highest BCUT2D eigenvalue weighted by atomic mass is 15.3. The molecule has 18 heavy (non-hydrogen) atoms. The van der Waals surface area contributed by atoms with Gasteiger partial charge in [0.2, 0.25) is 0 Å². The zero-order valence-electron chi connectivity index (χ0n) is 10.7. The fourth-order valence-electron chi connectivity index (χ4n) is 2.63. The number of rotatable bonds is 3. The smallest absolute Gasteiger partial charge is 0.154 e. The van der Waals surface area contributed by atoms with Gasteiger partial charge in [0.05, 0.1) is 6.20 Å². The molecule has 1 aliphatic heterocycles. The quantitative estimate of drug-likeness (QED) is 0.885. The summed E-state index contributed by atoms with van der Waals surface area (Å²) in [6, 6.07) is 2.58. The zero-order valence-corrected chi connectivity index (χ0v) is 10.7. The molecule has 5 nitrogen and oxygen atoms in total. The van der Waals surface area contributed by atoms with Crippen molar-refractivity contribution in [2.24, 2.45) is 0 Å². The van der Waals surface area contributed by atoms with Gasteiger partial charge in [-0.3, -0.25) is 0 Å². The van der Waals surface area contributed by atoms with Crippen molar-refractivity contribution in [2.75, 3.05) is 25.0 Å². The molecule has 1 atom stereocenters. The maximum Gasteiger partial charge on any atom is 0.154 e. The van der Waals surface area contributed by atoms with Crippen LogP contribution in [0.25, 0.3) is 5.52 Å². The Balaban J connectivity index is 1.78. The second-order valence-corrected chi connectivity index (χ2v) is 4.94. The minimum atomic E-state index is 0.578. The third-order valence-electron chi connectivity index (χ3n) is 3.57. The fraction of sp³-hybridized carbons (Fsp3) is 0.538. The maximum absolute atomic E-state index is 4.48. The normalized spacial score (nSPS) is 20.2. The summed E-state index contributed by atoms with van der Waals surface area (Å²) >= 11 is 0. The zero-order chi connectivity index (χ0) is 12.4. The number of aromatic nitrogens is 3. The third-order valence-corrected chi connectivity index (χ3v) is 3.57. The number of hydrogen-bond donors (Lipinski definition) is 1. The minimum absolute atomic E-state index is 0.578.